The summed E-state index contributed by atoms with van der Waals surface area (Å²) in [6, 6.07) is 12.7. The predicted octanol–water partition coefficient (Wildman–Crippen LogP) is 2.65. The van der Waals surface area contributed by atoms with Gasteiger partial charge >= 0.3 is 6.03 Å². The van der Waals surface area contributed by atoms with Crippen molar-refractivity contribution in [3.8, 4) is 0 Å². The summed E-state index contributed by atoms with van der Waals surface area (Å²) in [5, 5.41) is 2.67. The van der Waals surface area contributed by atoms with E-state index in [-0.39, 0.29) is 29.1 Å². The van der Waals surface area contributed by atoms with E-state index in [9.17, 15) is 18.8 Å². The molecule has 0 spiro atoms. The van der Waals surface area contributed by atoms with Crippen molar-refractivity contribution in [1.82, 2.24) is 10.2 Å². The summed E-state index contributed by atoms with van der Waals surface area (Å²) < 4.78 is 14.1. The Labute approximate surface area is 171 Å². The standard InChI is InChI=1S/C22H17FN4O3/c1-13-6-8-14(9-7-13)10-24-18(28)12-27-21(29)20-19(26-22(27)30)16(11-25-20)15-4-2-3-5-17(15)23/h2-9,11H,10,12H2,1H3,(H,24,28). The summed E-state index contributed by atoms with van der Waals surface area (Å²) in [6.45, 7) is 1.75. The summed E-state index contributed by atoms with van der Waals surface area (Å²) in [5.41, 5.74) is 2.38. The van der Waals surface area contributed by atoms with Gasteiger partial charge in [0.15, 0.2) is 5.71 Å². The van der Waals surface area contributed by atoms with Crippen LogP contribution in [-0.4, -0.2) is 40.7 Å². The van der Waals surface area contributed by atoms with E-state index in [2.05, 4.69) is 15.3 Å². The Hall–Kier alpha value is -3.94. The van der Waals surface area contributed by atoms with Gasteiger partial charge < -0.3 is 5.32 Å². The van der Waals surface area contributed by atoms with Crippen molar-refractivity contribution in [3.63, 3.8) is 0 Å². The van der Waals surface area contributed by atoms with Crippen molar-refractivity contribution in [1.29, 1.82) is 0 Å². The van der Waals surface area contributed by atoms with Gasteiger partial charge in [0, 0.05) is 23.9 Å². The first-order chi connectivity index (χ1) is 14.4. The highest BCUT2D eigenvalue weighted by Crippen LogP contribution is 2.27. The highest BCUT2D eigenvalue weighted by molar-refractivity contribution is 6.78. The molecule has 7 nitrogen and oxygen atoms in total. The van der Waals surface area contributed by atoms with Crippen LogP contribution < -0.4 is 5.32 Å². The van der Waals surface area contributed by atoms with Gasteiger partial charge in [-0.3, -0.25) is 9.59 Å². The average Bonchev–Trinajstić information content (AvgIpc) is 3.14. The second kappa shape index (κ2) is 7.82. The Balaban J connectivity index is 1.46. The fraction of sp³-hybridized carbons (Fsp3) is 0.136. The third-order valence-corrected chi connectivity index (χ3v) is 4.76. The molecule has 30 heavy (non-hydrogen) atoms. The number of nitrogens with zero attached hydrogens (tertiary/aromatic N) is 3. The number of urea groups is 1. The first-order valence-electron chi connectivity index (χ1n) is 9.24. The van der Waals surface area contributed by atoms with E-state index in [0.29, 0.717) is 0 Å². The molecule has 0 radical (unpaired) electrons. The zero-order chi connectivity index (χ0) is 21.3. The number of aryl methyl sites for hydroxylation is 1. The minimum absolute atomic E-state index is 0.0198. The van der Waals surface area contributed by atoms with Crippen LogP contribution in [0, 0.1) is 12.7 Å². The molecular formula is C22H17FN4O3. The summed E-state index contributed by atoms with van der Waals surface area (Å²) in [4.78, 5) is 46.0. The van der Waals surface area contributed by atoms with E-state index in [1.54, 1.807) is 6.07 Å². The van der Waals surface area contributed by atoms with E-state index < -0.39 is 30.2 Å². The Morgan fingerprint density at radius 1 is 1.07 bits per heavy atom. The Kier molecular flexibility index (Phi) is 5.05. The van der Waals surface area contributed by atoms with Crippen LogP contribution in [0.15, 0.2) is 64.7 Å². The molecule has 0 saturated carbocycles. The van der Waals surface area contributed by atoms with Crippen molar-refractivity contribution in [2.24, 2.45) is 9.98 Å². The highest BCUT2D eigenvalue weighted by Gasteiger charge is 2.39. The molecule has 0 aliphatic carbocycles. The van der Waals surface area contributed by atoms with Gasteiger partial charge in [0.25, 0.3) is 5.91 Å². The van der Waals surface area contributed by atoms with Crippen molar-refractivity contribution >= 4 is 34.8 Å². The molecule has 0 atom stereocenters. The van der Waals surface area contributed by atoms with Gasteiger partial charge in [-0.05, 0) is 18.6 Å². The molecule has 2 aliphatic rings. The number of aliphatic imine (C=N–C) groups is 2. The van der Waals surface area contributed by atoms with Crippen molar-refractivity contribution in [3.05, 3.63) is 77.2 Å². The lowest BCUT2D eigenvalue weighted by atomic mass is 9.99. The number of carbonyl (C=O) groups is 3. The molecule has 4 rings (SSSR count). The number of hydrogen-bond acceptors (Lipinski definition) is 4. The maximum absolute atomic E-state index is 14.1. The quantitative estimate of drug-likeness (QED) is 0.831. The molecule has 2 aromatic rings. The zero-order valence-corrected chi connectivity index (χ0v) is 16.1. The van der Waals surface area contributed by atoms with E-state index in [0.717, 1.165) is 16.0 Å². The number of halogens is 1. The molecule has 2 heterocycles. The first-order valence-corrected chi connectivity index (χ1v) is 9.24. The molecule has 0 saturated heterocycles. The fourth-order valence-electron chi connectivity index (χ4n) is 3.14. The van der Waals surface area contributed by atoms with E-state index in [1.165, 1.54) is 24.4 Å². The van der Waals surface area contributed by atoms with Crippen LogP contribution in [0.1, 0.15) is 16.7 Å². The molecule has 0 fully saturated rings. The molecule has 150 valence electrons. The van der Waals surface area contributed by atoms with Gasteiger partial charge in [-0.25, -0.2) is 19.1 Å². The number of fused-ring (bicyclic) bond motifs is 1. The molecular weight excluding hydrogens is 387 g/mol. The second-order valence-corrected chi connectivity index (χ2v) is 6.90. The molecule has 2 aliphatic heterocycles. The SMILES string of the molecule is Cc1ccc(CNC(=O)CN2C(=O)N=C3C(c4ccccc4F)=CN=C3C2=O)cc1. The van der Waals surface area contributed by atoms with Crippen LogP contribution in [0.2, 0.25) is 0 Å². The molecule has 1 N–H and O–H groups in total. The van der Waals surface area contributed by atoms with Crippen molar-refractivity contribution in [2.45, 2.75) is 13.5 Å². The highest BCUT2D eigenvalue weighted by atomic mass is 19.1. The van der Waals surface area contributed by atoms with E-state index in [1.807, 2.05) is 31.2 Å². The lowest BCUT2D eigenvalue weighted by molar-refractivity contribution is -0.128. The summed E-state index contributed by atoms with van der Waals surface area (Å²) in [6.07, 6.45) is 1.30. The predicted molar refractivity (Wildman–Crippen MR) is 109 cm³/mol. The van der Waals surface area contributed by atoms with Crippen LogP contribution in [0.3, 0.4) is 0 Å². The number of imide groups is 1. The van der Waals surface area contributed by atoms with Gasteiger partial charge in [0.05, 0.1) is 0 Å². The number of rotatable bonds is 5. The zero-order valence-electron chi connectivity index (χ0n) is 16.1. The molecule has 4 amide bonds. The van der Waals surface area contributed by atoms with E-state index in [4.69, 9.17) is 0 Å². The topological polar surface area (TPSA) is 91.2 Å². The molecule has 0 unspecified atom stereocenters. The van der Waals surface area contributed by atoms with Gasteiger partial charge in [0.1, 0.15) is 18.1 Å². The van der Waals surface area contributed by atoms with Crippen LogP contribution in [0.4, 0.5) is 9.18 Å². The fourth-order valence-corrected chi connectivity index (χ4v) is 3.14. The van der Waals surface area contributed by atoms with Crippen molar-refractivity contribution in [2.75, 3.05) is 6.54 Å². The lowest BCUT2D eigenvalue weighted by Crippen LogP contribution is -2.50. The van der Waals surface area contributed by atoms with Gasteiger partial charge in [-0.1, -0.05) is 48.0 Å². The Morgan fingerprint density at radius 3 is 2.53 bits per heavy atom. The molecule has 0 bridgehead atoms. The Bertz CT molecular complexity index is 1150. The minimum atomic E-state index is -0.886. The number of nitrogens with one attached hydrogen (secondary N) is 1. The minimum Gasteiger partial charge on any atom is -0.350 e. The number of hydrogen-bond donors (Lipinski definition) is 1. The van der Waals surface area contributed by atoms with E-state index >= 15 is 0 Å². The smallest absolute Gasteiger partial charge is 0.350 e. The molecule has 0 aromatic heterocycles. The molecule has 8 heteroatoms. The average molecular weight is 404 g/mol. The molecule has 2 aromatic carbocycles. The maximum atomic E-state index is 14.1. The summed E-state index contributed by atoms with van der Waals surface area (Å²) >= 11 is 0. The normalized spacial score (nSPS) is 15.4. The maximum Gasteiger partial charge on any atom is 0.351 e. The van der Waals surface area contributed by atoms with Crippen molar-refractivity contribution < 1.29 is 18.8 Å². The monoisotopic (exact) mass is 404 g/mol. The van der Waals surface area contributed by atoms with Gasteiger partial charge in [0.2, 0.25) is 5.91 Å². The number of carbonyl (C=O) groups excluding carboxylic acids is 3. The van der Waals surface area contributed by atoms with Gasteiger partial charge in [-0.2, -0.15) is 4.99 Å². The number of amides is 4. The third kappa shape index (κ3) is 3.67. The van der Waals surface area contributed by atoms with Crippen LogP contribution in [0.5, 0.6) is 0 Å². The van der Waals surface area contributed by atoms with Gasteiger partial charge in [-0.15, -0.1) is 0 Å². The number of allylic oxidation sites excluding steroid dienone is 1. The second-order valence-electron chi connectivity index (χ2n) is 6.90. The summed E-state index contributed by atoms with van der Waals surface area (Å²) in [5.74, 6) is -1.75. The van der Waals surface area contributed by atoms with Crippen LogP contribution in [0.25, 0.3) is 5.57 Å². The Morgan fingerprint density at radius 2 is 1.80 bits per heavy atom. The third-order valence-electron chi connectivity index (χ3n) is 4.76. The summed E-state index contributed by atoms with van der Waals surface area (Å²) in [7, 11) is 0. The van der Waals surface area contributed by atoms with Crippen LogP contribution >= 0.6 is 0 Å². The first kappa shape index (κ1) is 19.4. The lowest BCUT2D eigenvalue weighted by Gasteiger charge is -2.23. The van der Waals surface area contributed by atoms with Crippen LogP contribution in [-0.2, 0) is 16.1 Å². The largest absolute Gasteiger partial charge is 0.351 e. The number of benzene rings is 2.